The van der Waals surface area contributed by atoms with Gasteiger partial charge in [0, 0.05) is 12.4 Å². The van der Waals surface area contributed by atoms with Gasteiger partial charge >= 0.3 is 0 Å². The number of pyridine rings is 1. The Hall–Kier alpha value is -2.89. The van der Waals surface area contributed by atoms with E-state index in [1.807, 2.05) is 12.1 Å². The summed E-state index contributed by atoms with van der Waals surface area (Å²) in [6, 6.07) is 10.8. The summed E-state index contributed by atoms with van der Waals surface area (Å²) in [5.41, 5.74) is 3.28. The van der Waals surface area contributed by atoms with Gasteiger partial charge in [0.15, 0.2) is 11.5 Å². The van der Waals surface area contributed by atoms with Crippen LogP contribution >= 0.6 is 0 Å². The number of hydrogen-bond donors (Lipinski definition) is 1. The van der Waals surface area contributed by atoms with E-state index >= 15 is 0 Å². The predicted octanol–water partition coefficient (Wildman–Crippen LogP) is 1.37. The van der Waals surface area contributed by atoms with E-state index in [2.05, 4.69) is 15.5 Å². The summed E-state index contributed by atoms with van der Waals surface area (Å²) in [7, 11) is 0. The number of nitrogens with one attached hydrogen (secondary N) is 1. The Labute approximate surface area is 121 Å². The molecule has 2 aromatic rings. The van der Waals surface area contributed by atoms with Crippen molar-refractivity contribution in [2.24, 2.45) is 5.10 Å². The molecule has 1 amide bonds. The summed E-state index contributed by atoms with van der Waals surface area (Å²) in [5.74, 6) is 0.846. The zero-order chi connectivity index (χ0) is 14.5. The van der Waals surface area contributed by atoms with Gasteiger partial charge in [0.1, 0.15) is 6.61 Å². The van der Waals surface area contributed by atoms with Gasteiger partial charge in [-0.15, -0.1) is 0 Å². The minimum Gasteiger partial charge on any atom is -0.485 e. The number of rotatable bonds is 3. The Morgan fingerprint density at radius 2 is 2.00 bits per heavy atom. The third kappa shape index (κ3) is 3.17. The number of para-hydroxylation sites is 2. The van der Waals surface area contributed by atoms with Gasteiger partial charge in [0.25, 0.3) is 5.91 Å². The minimum absolute atomic E-state index is 0.160. The zero-order valence-corrected chi connectivity index (χ0v) is 11.1. The van der Waals surface area contributed by atoms with Crippen LogP contribution in [0.5, 0.6) is 11.5 Å². The van der Waals surface area contributed by atoms with E-state index in [1.54, 1.807) is 36.7 Å². The highest BCUT2D eigenvalue weighted by Crippen LogP contribution is 2.30. The standard InChI is InChI=1S/C15H13N3O3/c19-15(18-17-9-11-5-7-16-8-6-11)14-10-20-12-3-1-2-4-13(12)21-14/h1-9,14H,10H2,(H,18,19). The molecule has 0 saturated heterocycles. The molecule has 0 fully saturated rings. The van der Waals surface area contributed by atoms with Gasteiger partial charge in [-0.2, -0.15) is 5.10 Å². The molecule has 0 aliphatic carbocycles. The number of carbonyl (C=O) groups excluding carboxylic acids is 1. The van der Waals surface area contributed by atoms with E-state index in [1.165, 1.54) is 6.21 Å². The first-order chi connectivity index (χ1) is 10.3. The molecule has 0 spiro atoms. The van der Waals surface area contributed by atoms with Gasteiger partial charge in [-0.3, -0.25) is 9.78 Å². The van der Waals surface area contributed by atoms with Crippen LogP contribution in [0.15, 0.2) is 53.9 Å². The van der Waals surface area contributed by atoms with Crippen molar-refractivity contribution in [3.8, 4) is 11.5 Å². The maximum atomic E-state index is 12.0. The lowest BCUT2D eigenvalue weighted by atomic mass is 10.2. The number of ether oxygens (including phenoxy) is 2. The average molecular weight is 283 g/mol. The van der Waals surface area contributed by atoms with Crippen LogP contribution in [0.1, 0.15) is 5.56 Å². The smallest absolute Gasteiger partial charge is 0.284 e. The second-order valence-corrected chi connectivity index (χ2v) is 4.38. The average Bonchev–Trinajstić information content (AvgIpc) is 2.55. The van der Waals surface area contributed by atoms with E-state index in [-0.39, 0.29) is 12.5 Å². The van der Waals surface area contributed by atoms with E-state index < -0.39 is 6.10 Å². The number of amides is 1. The van der Waals surface area contributed by atoms with E-state index in [0.29, 0.717) is 11.5 Å². The summed E-state index contributed by atoms with van der Waals surface area (Å²) < 4.78 is 11.1. The molecule has 2 heterocycles. The highest BCUT2D eigenvalue weighted by atomic mass is 16.6. The molecule has 1 aromatic heterocycles. The van der Waals surface area contributed by atoms with Crippen molar-refractivity contribution in [2.45, 2.75) is 6.10 Å². The Kier molecular flexibility index (Phi) is 3.77. The number of fused-ring (bicyclic) bond motifs is 1. The first kappa shape index (κ1) is 13.1. The summed E-state index contributed by atoms with van der Waals surface area (Å²) >= 11 is 0. The quantitative estimate of drug-likeness (QED) is 0.682. The Morgan fingerprint density at radius 3 is 2.81 bits per heavy atom. The molecule has 106 valence electrons. The first-order valence-corrected chi connectivity index (χ1v) is 6.44. The monoisotopic (exact) mass is 283 g/mol. The van der Waals surface area contributed by atoms with Gasteiger partial charge in [0.2, 0.25) is 6.10 Å². The van der Waals surface area contributed by atoms with Crippen molar-refractivity contribution >= 4 is 12.1 Å². The highest BCUT2D eigenvalue weighted by molar-refractivity contribution is 5.84. The van der Waals surface area contributed by atoms with Crippen LogP contribution in [0.4, 0.5) is 0 Å². The molecule has 1 N–H and O–H groups in total. The largest absolute Gasteiger partial charge is 0.485 e. The maximum absolute atomic E-state index is 12.0. The van der Waals surface area contributed by atoms with Crippen molar-refractivity contribution < 1.29 is 14.3 Å². The minimum atomic E-state index is -0.713. The number of aromatic nitrogens is 1. The van der Waals surface area contributed by atoms with E-state index in [4.69, 9.17) is 9.47 Å². The molecule has 6 nitrogen and oxygen atoms in total. The van der Waals surface area contributed by atoms with E-state index in [0.717, 1.165) is 5.56 Å². The summed E-state index contributed by atoms with van der Waals surface area (Å²) in [6.45, 7) is 0.160. The lowest BCUT2D eigenvalue weighted by Crippen LogP contribution is -2.42. The lowest BCUT2D eigenvalue weighted by Gasteiger charge is -2.24. The van der Waals surface area contributed by atoms with Crippen LogP contribution in [0, 0.1) is 0 Å². The number of benzene rings is 1. The Balaban J connectivity index is 1.59. The molecular formula is C15H13N3O3. The van der Waals surface area contributed by atoms with Crippen LogP contribution in [0.2, 0.25) is 0 Å². The van der Waals surface area contributed by atoms with Crippen molar-refractivity contribution in [1.82, 2.24) is 10.4 Å². The fraction of sp³-hybridized carbons (Fsp3) is 0.133. The van der Waals surface area contributed by atoms with Gasteiger partial charge in [-0.1, -0.05) is 12.1 Å². The van der Waals surface area contributed by atoms with E-state index in [9.17, 15) is 4.79 Å². The summed E-state index contributed by atoms with van der Waals surface area (Å²) in [5, 5.41) is 3.88. The number of nitrogens with zero attached hydrogens (tertiary/aromatic N) is 2. The highest BCUT2D eigenvalue weighted by Gasteiger charge is 2.26. The van der Waals surface area contributed by atoms with Crippen LogP contribution in [0.3, 0.4) is 0 Å². The molecule has 0 bridgehead atoms. The molecule has 0 saturated carbocycles. The normalized spacial score (nSPS) is 16.7. The van der Waals surface area contributed by atoms with Crippen LogP contribution < -0.4 is 14.9 Å². The van der Waals surface area contributed by atoms with Gasteiger partial charge in [-0.05, 0) is 29.8 Å². The molecule has 1 aromatic carbocycles. The van der Waals surface area contributed by atoms with Gasteiger partial charge < -0.3 is 9.47 Å². The molecule has 3 rings (SSSR count). The second kappa shape index (κ2) is 6.04. The van der Waals surface area contributed by atoms with Crippen molar-refractivity contribution in [1.29, 1.82) is 0 Å². The SMILES string of the molecule is O=C(NN=Cc1ccncc1)C1COc2ccccc2O1. The zero-order valence-electron chi connectivity index (χ0n) is 11.1. The Morgan fingerprint density at radius 1 is 1.24 bits per heavy atom. The third-order valence-corrected chi connectivity index (χ3v) is 2.90. The lowest BCUT2D eigenvalue weighted by molar-refractivity contribution is -0.130. The molecular weight excluding hydrogens is 270 g/mol. The van der Waals surface area contributed by atoms with Crippen molar-refractivity contribution in [2.75, 3.05) is 6.61 Å². The molecule has 6 heteroatoms. The number of hydrogen-bond acceptors (Lipinski definition) is 5. The number of carbonyl (C=O) groups is 1. The third-order valence-electron chi connectivity index (χ3n) is 2.90. The predicted molar refractivity (Wildman–Crippen MR) is 76.3 cm³/mol. The fourth-order valence-electron chi connectivity index (χ4n) is 1.84. The molecule has 0 radical (unpaired) electrons. The number of hydrazone groups is 1. The first-order valence-electron chi connectivity index (χ1n) is 6.44. The summed E-state index contributed by atoms with van der Waals surface area (Å²) in [4.78, 5) is 15.9. The summed E-state index contributed by atoms with van der Waals surface area (Å²) in [6.07, 6.45) is 4.13. The van der Waals surface area contributed by atoms with Crippen molar-refractivity contribution in [3.05, 3.63) is 54.4 Å². The van der Waals surface area contributed by atoms with Crippen LogP contribution in [-0.4, -0.2) is 29.8 Å². The van der Waals surface area contributed by atoms with Gasteiger partial charge in [-0.25, -0.2) is 5.43 Å². The molecule has 1 aliphatic rings. The van der Waals surface area contributed by atoms with Gasteiger partial charge in [0.05, 0.1) is 6.21 Å². The van der Waals surface area contributed by atoms with Crippen LogP contribution in [-0.2, 0) is 4.79 Å². The maximum Gasteiger partial charge on any atom is 0.284 e. The fourth-order valence-corrected chi connectivity index (χ4v) is 1.84. The molecule has 21 heavy (non-hydrogen) atoms. The topological polar surface area (TPSA) is 72.8 Å². The molecule has 1 aliphatic heterocycles. The molecule has 1 atom stereocenters. The molecule has 1 unspecified atom stereocenters. The van der Waals surface area contributed by atoms with Crippen LogP contribution in [0.25, 0.3) is 0 Å². The van der Waals surface area contributed by atoms with Crippen molar-refractivity contribution in [3.63, 3.8) is 0 Å². The Bertz CT molecular complexity index is 658. The second-order valence-electron chi connectivity index (χ2n) is 4.38.